The van der Waals surface area contributed by atoms with Gasteiger partial charge in [0.05, 0.1) is 31.4 Å². The number of hydrogen-bond acceptors (Lipinski definition) is 5. The molecule has 2 atom stereocenters. The SMILES string of the molecule is Cc1cc(Cl)c(OCCOc2ncc(C3=C(C(=O)N(Cc4cccc(Cl)c4Cl)C4CC4)[C@@H]4CC(=[N+]=[N-])C[C@@H](C3)C4)s2)c(Cl)c1. The van der Waals surface area contributed by atoms with Crippen LogP contribution in [0.1, 0.15) is 54.5 Å². The summed E-state index contributed by atoms with van der Waals surface area (Å²) in [5.41, 5.74) is 13.9. The number of thiazole rings is 1. The van der Waals surface area contributed by atoms with E-state index in [2.05, 4.69) is 9.77 Å². The molecule has 44 heavy (non-hydrogen) atoms. The van der Waals surface area contributed by atoms with Gasteiger partial charge in [0.15, 0.2) is 5.75 Å². The molecule has 6 rings (SSSR count). The molecule has 3 aliphatic carbocycles. The van der Waals surface area contributed by atoms with E-state index in [1.165, 1.54) is 11.3 Å². The van der Waals surface area contributed by atoms with E-state index in [-0.39, 0.29) is 37.0 Å². The third-order valence-electron chi connectivity index (χ3n) is 8.32. The van der Waals surface area contributed by atoms with Crippen LogP contribution in [0.3, 0.4) is 0 Å². The maximum Gasteiger partial charge on any atom is 0.273 e. The van der Waals surface area contributed by atoms with Crippen molar-refractivity contribution in [2.24, 2.45) is 11.8 Å². The first-order valence-electron chi connectivity index (χ1n) is 14.6. The van der Waals surface area contributed by atoms with Gasteiger partial charge in [0.2, 0.25) is 0 Å². The topological polar surface area (TPSA) is 88.1 Å². The number of carbonyl (C=O) groups is 1. The Morgan fingerprint density at radius 2 is 1.82 bits per heavy atom. The number of carbonyl (C=O) groups excluding carboxylic acids is 1. The number of fused-ring (bicyclic) bond motifs is 2. The third kappa shape index (κ3) is 6.81. The minimum atomic E-state index is -0.0455. The molecule has 0 N–H and O–H groups in total. The van der Waals surface area contributed by atoms with Crippen molar-refractivity contribution in [2.45, 2.75) is 58.0 Å². The summed E-state index contributed by atoms with van der Waals surface area (Å²) in [5.74, 6) is 0.662. The summed E-state index contributed by atoms with van der Waals surface area (Å²) in [6, 6.07) is 9.26. The minimum absolute atomic E-state index is 0.00249. The lowest BCUT2D eigenvalue weighted by Gasteiger charge is -2.37. The fourth-order valence-corrected chi connectivity index (χ4v) is 8.18. The molecular weight excluding hydrogens is 662 g/mol. The molecule has 1 heterocycles. The van der Waals surface area contributed by atoms with Crippen molar-refractivity contribution in [2.75, 3.05) is 13.2 Å². The van der Waals surface area contributed by atoms with Crippen molar-refractivity contribution in [3.05, 3.63) is 83.7 Å². The van der Waals surface area contributed by atoms with Gasteiger partial charge in [-0.15, -0.1) is 0 Å². The zero-order valence-electron chi connectivity index (χ0n) is 24.0. The molecule has 7 nitrogen and oxygen atoms in total. The zero-order chi connectivity index (χ0) is 31.0. The van der Waals surface area contributed by atoms with Crippen LogP contribution in [0, 0.1) is 18.8 Å². The second-order valence-corrected chi connectivity index (χ2v) is 14.2. The van der Waals surface area contributed by atoms with Crippen molar-refractivity contribution in [1.29, 1.82) is 0 Å². The molecule has 3 aliphatic rings. The van der Waals surface area contributed by atoms with Crippen molar-refractivity contribution < 1.29 is 19.1 Å². The number of nitrogens with zero attached hydrogens (tertiary/aromatic N) is 4. The number of allylic oxidation sites excluding steroid dienone is 1. The summed E-state index contributed by atoms with van der Waals surface area (Å²) in [4.78, 5) is 25.4. The standard InChI is InChI=1S/C32H30Cl4N4O3S/c1-17-9-25(34)30(26(35)10-17)42-7-8-43-32-38-15-27(44-32)23-13-18-11-20(14-21(12-18)39-37)28(23)31(41)40(22-5-6-22)16-19-3-2-4-24(33)29(19)36/h2-4,9-10,15,18,20,22H,5-8,11-14,16H2,1H3/t18-,20-/m0/s1. The number of hydrogen-bond donors (Lipinski definition) is 0. The van der Waals surface area contributed by atoms with Crippen molar-refractivity contribution in [3.63, 3.8) is 0 Å². The highest BCUT2D eigenvalue weighted by Crippen LogP contribution is 2.48. The Bertz CT molecular complexity index is 1660. The van der Waals surface area contributed by atoms with Gasteiger partial charge in [0, 0.05) is 36.7 Å². The summed E-state index contributed by atoms with van der Waals surface area (Å²) in [6.45, 7) is 2.77. The molecule has 1 amide bonds. The lowest BCUT2D eigenvalue weighted by molar-refractivity contribution is -0.129. The van der Waals surface area contributed by atoms with Gasteiger partial charge in [-0.3, -0.25) is 4.79 Å². The van der Waals surface area contributed by atoms with Crippen molar-refractivity contribution >= 4 is 74.9 Å². The normalized spacial score (nSPS) is 19.5. The molecule has 0 unspecified atom stereocenters. The molecule has 230 valence electrons. The largest absolute Gasteiger partial charge is 0.487 e. The highest BCUT2D eigenvalue weighted by atomic mass is 35.5. The van der Waals surface area contributed by atoms with Crippen LogP contribution in [-0.4, -0.2) is 45.5 Å². The Morgan fingerprint density at radius 1 is 1.07 bits per heavy atom. The smallest absolute Gasteiger partial charge is 0.273 e. The van der Waals surface area contributed by atoms with Crippen molar-refractivity contribution in [3.8, 4) is 10.9 Å². The Balaban J connectivity index is 1.24. The predicted molar refractivity (Wildman–Crippen MR) is 175 cm³/mol. The number of rotatable bonds is 10. The van der Waals surface area contributed by atoms with E-state index in [0.29, 0.717) is 56.8 Å². The maximum atomic E-state index is 14.5. The molecule has 12 heteroatoms. The van der Waals surface area contributed by atoms with Gasteiger partial charge >= 0.3 is 0 Å². The monoisotopic (exact) mass is 690 g/mol. The third-order valence-corrected chi connectivity index (χ3v) is 10.7. The molecule has 2 fully saturated rings. The number of aryl methyl sites for hydroxylation is 1. The van der Waals surface area contributed by atoms with E-state index in [1.807, 2.05) is 24.0 Å². The van der Waals surface area contributed by atoms with Gasteiger partial charge < -0.3 is 19.9 Å². The fourth-order valence-electron chi connectivity index (χ4n) is 6.23. The van der Waals surface area contributed by atoms with Gasteiger partial charge in [0.1, 0.15) is 13.2 Å². The molecule has 1 aromatic heterocycles. The second-order valence-electron chi connectivity index (χ2n) is 11.6. The Labute approximate surface area is 280 Å². The van der Waals surface area contributed by atoms with E-state index < -0.39 is 0 Å². The summed E-state index contributed by atoms with van der Waals surface area (Å²) < 4.78 is 11.7. The van der Waals surface area contributed by atoms with E-state index in [4.69, 9.17) is 55.9 Å². The van der Waals surface area contributed by atoms with Crippen LogP contribution in [0.25, 0.3) is 11.1 Å². The Morgan fingerprint density at radius 3 is 2.55 bits per heavy atom. The first-order chi connectivity index (χ1) is 21.2. The summed E-state index contributed by atoms with van der Waals surface area (Å²) in [6.07, 6.45) is 6.52. The highest BCUT2D eigenvalue weighted by molar-refractivity contribution is 7.14. The molecule has 2 saturated carbocycles. The Hall–Kier alpha value is -2.58. The average Bonchev–Trinajstić information content (AvgIpc) is 3.72. The van der Waals surface area contributed by atoms with Crippen LogP contribution in [0.5, 0.6) is 10.9 Å². The van der Waals surface area contributed by atoms with Crippen LogP contribution < -0.4 is 9.47 Å². The van der Waals surface area contributed by atoms with E-state index in [9.17, 15) is 10.3 Å². The lowest BCUT2D eigenvalue weighted by atomic mass is 9.68. The number of benzene rings is 2. The van der Waals surface area contributed by atoms with Crippen LogP contribution in [0.2, 0.25) is 20.1 Å². The van der Waals surface area contributed by atoms with E-state index in [1.54, 1.807) is 24.4 Å². The summed E-state index contributed by atoms with van der Waals surface area (Å²) in [5, 5.41) is 2.33. The van der Waals surface area contributed by atoms with Gasteiger partial charge in [-0.2, -0.15) is 4.79 Å². The molecule has 0 saturated heterocycles. The van der Waals surface area contributed by atoms with Gasteiger partial charge in [-0.25, -0.2) is 4.98 Å². The first-order valence-corrected chi connectivity index (χ1v) is 16.9. The number of halogens is 4. The fraction of sp³-hybridized carbons (Fsp3) is 0.406. The first kappa shape index (κ1) is 31.4. The van der Waals surface area contributed by atoms with Crippen LogP contribution in [0.15, 0.2) is 42.1 Å². The average molecular weight is 692 g/mol. The van der Waals surface area contributed by atoms with E-state index in [0.717, 1.165) is 52.1 Å². The molecule has 2 bridgehead atoms. The van der Waals surface area contributed by atoms with Crippen molar-refractivity contribution in [1.82, 2.24) is 9.88 Å². The molecule has 3 aromatic rings. The number of amides is 1. The number of aromatic nitrogens is 1. The molecule has 0 spiro atoms. The number of ether oxygens (including phenoxy) is 2. The van der Waals surface area contributed by atoms with Crippen LogP contribution in [-0.2, 0) is 11.3 Å². The molecule has 2 aromatic carbocycles. The van der Waals surface area contributed by atoms with Crippen LogP contribution >= 0.6 is 57.7 Å². The van der Waals surface area contributed by atoms with Crippen LogP contribution in [0.4, 0.5) is 0 Å². The van der Waals surface area contributed by atoms with Gasteiger partial charge in [-0.1, -0.05) is 69.9 Å². The molecule has 0 aliphatic heterocycles. The summed E-state index contributed by atoms with van der Waals surface area (Å²) in [7, 11) is 0. The molecule has 0 radical (unpaired) electrons. The maximum absolute atomic E-state index is 14.5. The second kappa shape index (κ2) is 13.4. The highest BCUT2D eigenvalue weighted by Gasteiger charge is 2.44. The predicted octanol–water partition coefficient (Wildman–Crippen LogP) is 8.96. The molecular formula is C32H30Cl4N4O3S. The quantitative estimate of drug-likeness (QED) is 0.121. The summed E-state index contributed by atoms with van der Waals surface area (Å²) >= 11 is 26.9. The zero-order valence-corrected chi connectivity index (χ0v) is 27.8. The minimum Gasteiger partial charge on any atom is -0.487 e. The van der Waals surface area contributed by atoms with Gasteiger partial charge in [-0.05, 0) is 73.4 Å². The lowest BCUT2D eigenvalue weighted by Crippen LogP contribution is -2.40. The van der Waals surface area contributed by atoms with E-state index >= 15 is 0 Å². The van der Waals surface area contributed by atoms with Gasteiger partial charge in [0.25, 0.3) is 16.8 Å². The Kier molecular flexibility index (Phi) is 9.58.